The van der Waals surface area contributed by atoms with E-state index in [9.17, 15) is 4.79 Å². The molecular formula is C12H29NO. The van der Waals surface area contributed by atoms with Crippen molar-refractivity contribution >= 4 is 5.91 Å². The largest absolute Gasteiger partial charge is 0.346 e. The molecule has 0 aromatic rings. The molecule has 0 aliphatic heterocycles. The minimum atomic E-state index is 0.156. The second kappa shape index (κ2) is 18.3. The third kappa shape index (κ3) is 22.5. The summed E-state index contributed by atoms with van der Waals surface area (Å²) >= 11 is 0. The summed E-state index contributed by atoms with van der Waals surface area (Å²) < 4.78 is 0. The number of unbranched alkanes of at least 4 members (excludes halogenated alkanes) is 1. The Kier molecular flexibility index (Phi) is 25.0. The Hall–Kier alpha value is -0.530. The average molecular weight is 203 g/mol. The van der Waals surface area contributed by atoms with Gasteiger partial charge in [0, 0.05) is 20.5 Å². The van der Waals surface area contributed by atoms with Gasteiger partial charge in [0.1, 0.15) is 0 Å². The van der Waals surface area contributed by atoms with E-state index in [1.54, 1.807) is 11.8 Å². The van der Waals surface area contributed by atoms with E-state index in [0.29, 0.717) is 0 Å². The summed E-state index contributed by atoms with van der Waals surface area (Å²) in [4.78, 5) is 12.3. The first-order valence-corrected chi connectivity index (χ1v) is 5.81. The van der Waals surface area contributed by atoms with Gasteiger partial charge in [0.05, 0.1) is 0 Å². The van der Waals surface area contributed by atoms with E-state index in [1.165, 1.54) is 6.42 Å². The summed E-state index contributed by atoms with van der Waals surface area (Å²) in [5.74, 6) is 0.156. The van der Waals surface area contributed by atoms with Crippen LogP contribution >= 0.6 is 0 Å². The molecule has 0 aromatic heterocycles. The van der Waals surface area contributed by atoms with Crippen LogP contribution in [-0.2, 0) is 4.79 Å². The highest BCUT2D eigenvalue weighted by Gasteiger charge is 1.98. The lowest BCUT2D eigenvalue weighted by atomic mass is 10.3. The third-order valence-corrected chi connectivity index (χ3v) is 1.38. The Morgan fingerprint density at radius 1 is 1.14 bits per heavy atom. The number of carbonyl (C=O) groups excluding carboxylic acids is 1. The Labute approximate surface area is 90.7 Å². The van der Waals surface area contributed by atoms with Crippen LogP contribution in [0.5, 0.6) is 0 Å². The summed E-state index contributed by atoms with van der Waals surface area (Å²) in [5, 5.41) is 0. The van der Waals surface area contributed by atoms with E-state index in [4.69, 9.17) is 0 Å². The Morgan fingerprint density at radius 2 is 1.50 bits per heavy atom. The molecule has 0 N–H and O–H groups in total. The smallest absolute Gasteiger partial charge is 0.219 e. The molecule has 88 valence electrons. The Bertz CT molecular complexity index is 102. The van der Waals surface area contributed by atoms with Gasteiger partial charge >= 0.3 is 0 Å². The molecule has 14 heavy (non-hydrogen) atoms. The maximum atomic E-state index is 10.6. The second-order valence-electron chi connectivity index (χ2n) is 3.00. The molecule has 2 heteroatoms. The number of hydrogen-bond acceptors (Lipinski definition) is 1. The molecule has 0 heterocycles. The van der Waals surface area contributed by atoms with Crippen molar-refractivity contribution in [3.63, 3.8) is 0 Å². The molecule has 0 spiro atoms. The van der Waals surface area contributed by atoms with Crippen molar-refractivity contribution < 1.29 is 4.79 Å². The predicted octanol–water partition coefficient (Wildman–Crippen LogP) is 3.71. The lowest BCUT2D eigenvalue weighted by Gasteiger charge is -2.12. The Balaban J connectivity index is -0.000000205. The number of nitrogens with zero attached hydrogens (tertiary/aromatic N) is 1. The highest BCUT2D eigenvalue weighted by Crippen LogP contribution is 1.90. The molecule has 0 saturated carbocycles. The lowest BCUT2D eigenvalue weighted by Crippen LogP contribution is -2.24. The topological polar surface area (TPSA) is 20.3 Å². The number of hydrogen-bond donors (Lipinski definition) is 0. The van der Waals surface area contributed by atoms with Gasteiger partial charge < -0.3 is 4.90 Å². The maximum absolute atomic E-state index is 10.6. The molecule has 0 aliphatic rings. The summed E-state index contributed by atoms with van der Waals surface area (Å²) in [7, 11) is 1.83. The van der Waals surface area contributed by atoms with Gasteiger partial charge in [-0.2, -0.15) is 0 Å². The fourth-order valence-electron chi connectivity index (χ4n) is 0.553. The van der Waals surface area contributed by atoms with Crippen molar-refractivity contribution in [3.8, 4) is 0 Å². The van der Waals surface area contributed by atoms with Crippen molar-refractivity contribution in [2.24, 2.45) is 0 Å². The minimum Gasteiger partial charge on any atom is -0.346 e. The lowest BCUT2D eigenvalue weighted by molar-refractivity contribution is -0.127. The number of carbonyl (C=O) groups is 1. The van der Waals surface area contributed by atoms with Crippen molar-refractivity contribution in [1.82, 2.24) is 4.90 Å². The fraction of sp³-hybridized carbons (Fsp3) is 0.917. The summed E-state index contributed by atoms with van der Waals surface area (Å²) in [6, 6.07) is 0. The number of rotatable bonds is 3. The van der Waals surface area contributed by atoms with Crippen LogP contribution in [0.1, 0.15) is 60.8 Å². The van der Waals surface area contributed by atoms with Crippen molar-refractivity contribution in [2.45, 2.75) is 60.8 Å². The van der Waals surface area contributed by atoms with E-state index in [0.717, 1.165) is 19.4 Å². The zero-order valence-electron chi connectivity index (χ0n) is 11.2. The molecule has 0 unspecified atom stereocenters. The van der Waals surface area contributed by atoms with Crippen LogP contribution in [0.3, 0.4) is 0 Å². The molecule has 2 nitrogen and oxygen atoms in total. The average Bonchev–Trinajstić information content (AvgIpc) is 2.18. The van der Waals surface area contributed by atoms with Crippen LogP contribution in [-0.4, -0.2) is 24.4 Å². The van der Waals surface area contributed by atoms with Crippen LogP contribution in [0.15, 0.2) is 0 Å². The fourth-order valence-corrected chi connectivity index (χ4v) is 0.553. The highest BCUT2D eigenvalue weighted by atomic mass is 16.2. The molecule has 0 aliphatic carbocycles. The Morgan fingerprint density at radius 3 is 1.71 bits per heavy atom. The van der Waals surface area contributed by atoms with Gasteiger partial charge in [0.15, 0.2) is 0 Å². The normalized spacial score (nSPS) is 7.64. The molecule has 0 aromatic carbocycles. The van der Waals surface area contributed by atoms with Crippen LogP contribution in [0.4, 0.5) is 0 Å². The first kappa shape index (κ1) is 19.1. The van der Waals surface area contributed by atoms with Crippen molar-refractivity contribution in [3.05, 3.63) is 0 Å². The number of amides is 1. The summed E-state index contributed by atoms with van der Waals surface area (Å²) in [5.41, 5.74) is 0. The molecule has 0 saturated heterocycles. The quantitative estimate of drug-likeness (QED) is 0.685. The maximum Gasteiger partial charge on any atom is 0.219 e. The summed E-state index contributed by atoms with van der Waals surface area (Å²) in [6.07, 6.45) is 3.51. The predicted molar refractivity (Wildman–Crippen MR) is 65.5 cm³/mol. The van der Waals surface area contributed by atoms with Crippen LogP contribution in [0.25, 0.3) is 0 Å². The molecular weight excluding hydrogens is 174 g/mol. The molecule has 1 amide bonds. The van der Waals surface area contributed by atoms with E-state index in [-0.39, 0.29) is 5.91 Å². The molecule has 0 atom stereocenters. The van der Waals surface area contributed by atoms with Gasteiger partial charge in [0.25, 0.3) is 0 Å². The zero-order chi connectivity index (χ0) is 12.0. The van der Waals surface area contributed by atoms with Gasteiger partial charge in [-0.1, -0.05) is 47.5 Å². The molecule has 0 rings (SSSR count). The SMILES string of the molecule is CC.CCC.CCCCN(C)C(C)=O. The van der Waals surface area contributed by atoms with Crippen LogP contribution < -0.4 is 0 Å². The van der Waals surface area contributed by atoms with Crippen molar-refractivity contribution in [1.29, 1.82) is 0 Å². The second-order valence-corrected chi connectivity index (χ2v) is 3.00. The molecule has 0 fully saturated rings. The van der Waals surface area contributed by atoms with E-state index in [2.05, 4.69) is 20.8 Å². The van der Waals surface area contributed by atoms with E-state index in [1.807, 2.05) is 20.9 Å². The van der Waals surface area contributed by atoms with Crippen LogP contribution in [0, 0.1) is 0 Å². The minimum absolute atomic E-state index is 0.156. The van der Waals surface area contributed by atoms with Crippen LogP contribution in [0.2, 0.25) is 0 Å². The van der Waals surface area contributed by atoms with Gasteiger partial charge in [-0.3, -0.25) is 4.79 Å². The molecule has 0 radical (unpaired) electrons. The van der Waals surface area contributed by atoms with Gasteiger partial charge in [0.2, 0.25) is 5.91 Å². The van der Waals surface area contributed by atoms with Gasteiger partial charge in [-0.25, -0.2) is 0 Å². The molecule has 0 bridgehead atoms. The third-order valence-electron chi connectivity index (χ3n) is 1.38. The standard InChI is InChI=1S/C7H15NO.C3H8.C2H6/c1-4-5-6-8(3)7(2)9;1-3-2;1-2/h4-6H2,1-3H3;3H2,1-2H3;1-2H3. The van der Waals surface area contributed by atoms with E-state index < -0.39 is 0 Å². The van der Waals surface area contributed by atoms with Gasteiger partial charge in [-0.05, 0) is 6.42 Å². The first-order valence-electron chi connectivity index (χ1n) is 5.81. The highest BCUT2D eigenvalue weighted by molar-refractivity contribution is 5.72. The monoisotopic (exact) mass is 203 g/mol. The zero-order valence-corrected chi connectivity index (χ0v) is 11.2. The first-order chi connectivity index (χ1) is 6.59. The summed E-state index contributed by atoms with van der Waals surface area (Å²) in [6.45, 7) is 12.9. The van der Waals surface area contributed by atoms with Gasteiger partial charge in [-0.15, -0.1) is 0 Å². The van der Waals surface area contributed by atoms with E-state index >= 15 is 0 Å². The van der Waals surface area contributed by atoms with Crippen molar-refractivity contribution in [2.75, 3.05) is 13.6 Å².